The third kappa shape index (κ3) is 4.63. The molecular formula is C25H36N5O2+. The van der Waals surface area contributed by atoms with Gasteiger partial charge in [-0.3, -0.25) is 19.5 Å². The van der Waals surface area contributed by atoms with Crippen LogP contribution in [0.1, 0.15) is 38.7 Å². The smallest absolute Gasteiger partial charge is 0.292 e. The van der Waals surface area contributed by atoms with Gasteiger partial charge in [0.15, 0.2) is 0 Å². The highest BCUT2D eigenvalue weighted by Gasteiger charge is 2.53. The molecular weight excluding hydrogens is 402 g/mol. The number of hydrogen-bond acceptors (Lipinski definition) is 4. The lowest BCUT2D eigenvalue weighted by atomic mass is 9.90. The van der Waals surface area contributed by atoms with Crippen molar-refractivity contribution in [1.29, 1.82) is 0 Å². The zero-order valence-electron chi connectivity index (χ0n) is 19.8. The van der Waals surface area contributed by atoms with Gasteiger partial charge < -0.3 is 0 Å². The van der Waals surface area contributed by atoms with Gasteiger partial charge in [0.25, 0.3) is 17.8 Å². The van der Waals surface area contributed by atoms with E-state index < -0.39 is 6.04 Å². The van der Waals surface area contributed by atoms with Crippen LogP contribution in [0.2, 0.25) is 0 Å². The molecule has 7 nitrogen and oxygen atoms in total. The first-order chi connectivity index (χ1) is 15.3. The Hall–Kier alpha value is -2.54. The highest BCUT2D eigenvalue weighted by atomic mass is 16.2. The molecule has 2 fully saturated rings. The maximum Gasteiger partial charge on any atom is 0.333 e. The molecule has 0 spiro atoms. The number of aliphatic imine (C=N–C) groups is 1. The molecule has 0 saturated carbocycles. The Morgan fingerprint density at radius 1 is 1.06 bits per heavy atom. The fourth-order valence-electron chi connectivity index (χ4n) is 4.93. The first kappa shape index (κ1) is 22.6. The monoisotopic (exact) mass is 438 g/mol. The van der Waals surface area contributed by atoms with Gasteiger partial charge in [-0.05, 0) is 61.2 Å². The minimum atomic E-state index is -0.480. The van der Waals surface area contributed by atoms with E-state index in [0.29, 0.717) is 17.7 Å². The molecule has 3 aliphatic rings. The summed E-state index contributed by atoms with van der Waals surface area (Å²) in [6.07, 6.45) is 4.48. The third-order valence-corrected chi connectivity index (χ3v) is 7.00. The number of benzene rings is 1. The number of rotatable bonds is 7. The van der Waals surface area contributed by atoms with Crippen LogP contribution < -0.4 is 0 Å². The molecule has 7 heteroatoms. The normalized spacial score (nSPS) is 22.8. The summed E-state index contributed by atoms with van der Waals surface area (Å²) in [6.45, 7) is 7.97. The van der Waals surface area contributed by atoms with Gasteiger partial charge in [0.1, 0.15) is 6.54 Å². The molecule has 3 amide bonds. The topological polar surface area (TPSA) is 59.2 Å². The predicted molar refractivity (Wildman–Crippen MR) is 126 cm³/mol. The standard InChI is InChI=1S/C25H36N5O2/c1-18(2)10-15-30-21(26-23-22(30)24(31)28(4)25(32)27(23)3)17-29-13-11-20(12-14-29)16-19-8-6-5-7-9-19/h5-9,18,20,22H,10-17H2,1-4H3/q+1. The molecule has 2 saturated heterocycles. The van der Waals surface area contributed by atoms with Crippen LogP contribution in [0.5, 0.6) is 0 Å². The van der Waals surface area contributed by atoms with Crippen molar-refractivity contribution in [1.82, 2.24) is 14.7 Å². The molecule has 3 aliphatic heterocycles. The number of amidine groups is 2. The Morgan fingerprint density at radius 2 is 1.75 bits per heavy atom. The van der Waals surface area contributed by atoms with E-state index in [1.807, 2.05) is 0 Å². The Labute approximate surface area is 191 Å². The first-order valence-electron chi connectivity index (χ1n) is 11.9. The van der Waals surface area contributed by atoms with E-state index in [0.717, 1.165) is 44.9 Å². The largest absolute Gasteiger partial charge is 0.333 e. The zero-order valence-corrected chi connectivity index (χ0v) is 19.8. The SMILES string of the molecule is CC(C)CC[N+]1=C(CN2CCC(Cc3ccccc3)CC2)N=C2C1C(=O)N(C)C(=O)N2C. The fourth-order valence-corrected chi connectivity index (χ4v) is 4.93. The highest BCUT2D eigenvalue weighted by molar-refractivity contribution is 6.23. The number of nitrogens with zero attached hydrogens (tertiary/aromatic N) is 5. The van der Waals surface area contributed by atoms with E-state index >= 15 is 0 Å². The van der Waals surface area contributed by atoms with Crippen molar-refractivity contribution in [2.75, 3.05) is 40.3 Å². The summed E-state index contributed by atoms with van der Waals surface area (Å²) in [5, 5.41) is 0. The number of hydrogen-bond donors (Lipinski definition) is 0. The van der Waals surface area contributed by atoms with Crippen molar-refractivity contribution in [2.24, 2.45) is 16.8 Å². The summed E-state index contributed by atoms with van der Waals surface area (Å²) in [4.78, 5) is 35.5. The first-order valence-corrected chi connectivity index (χ1v) is 11.9. The summed E-state index contributed by atoms with van der Waals surface area (Å²) in [5.41, 5.74) is 1.42. The average Bonchev–Trinajstić information content (AvgIpc) is 3.15. The van der Waals surface area contributed by atoms with E-state index in [-0.39, 0.29) is 11.9 Å². The fraction of sp³-hybridized carbons (Fsp3) is 0.600. The lowest BCUT2D eigenvalue weighted by Gasteiger charge is -2.31. The number of likely N-dealkylation sites (tertiary alicyclic amines) is 1. The second kappa shape index (κ2) is 9.53. The number of piperidine rings is 1. The van der Waals surface area contributed by atoms with Crippen molar-refractivity contribution < 1.29 is 14.2 Å². The van der Waals surface area contributed by atoms with Gasteiger partial charge in [-0.15, -0.1) is 0 Å². The number of carbonyl (C=O) groups excluding carboxylic acids is 2. The number of carbonyl (C=O) groups is 2. The Bertz CT molecular complexity index is 916. The Kier molecular flexibility index (Phi) is 6.74. The molecule has 3 heterocycles. The molecule has 32 heavy (non-hydrogen) atoms. The van der Waals surface area contributed by atoms with Gasteiger partial charge in [-0.1, -0.05) is 44.2 Å². The zero-order chi connectivity index (χ0) is 22.8. The van der Waals surface area contributed by atoms with Crippen LogP contribution in [-0.2, 0) is 11.2 Å². The van der Waals surface area contributed by atoms with Gasteiger partial charge >= 0.3 is 11.9 Å². The molecule has 1 aromatic rings. The Balaban J connectivity index is 1.46. The van der Waals surface area contributed by atoms with Gasteiger partial charge in [0.05, 0.1) is 6.54 Å². The van der Waals surface area contributed by atoms with Gasteiger partial charge in [-0.2, -0.15) is 0 Å². The van der Waals surface area contributed by atoms with Crippen LogP contribution in [0.3, 0.4) is 0 Å². The van der Waals surface area contributed by atoms with Crippen molar-refractivity contribution >= 4 is 23.6 Å². The van der Waals surface area contributed by atoms with E-state index in [2.05, 4.69) is 53.7 Å². The number of imide groups is 1. The lowest BCUT2D eigenvalue weighted by Crippen LogP contribution is -2.61. The molecule has 0 aromatic heterocycles. The number of fused-ring (bicyclic) bond motifs is 1. The van der Waals surface area contributed by atoms with Crippen LogP contribution in [0.4, 0.5) is 4.79 Å². The summed E-state index contributed by atoms with van der Waals surface area (Å²) in [6, 6.07) is 9.96. The van der Waals surface area contributed by atoms with Crippen LogP contribution in [0.25, 0.3) is 0 Å². The predicted octanol–water partition coefficient (Wildman–Crippen LogP) is 2.70. The second-order valence-corrected chi connectivity index (χ2v) is 9.81. The molecule has 0 N–H and O–H groups in total. The molecule has 1 unspecified atom stereocenters. The molecule has 0 radical (unpaired) electrons. The van der Waals surface area contributed by atoms with Crippen LogP contribution >= 0.6 is 0 Å². The average molecular weight is 439 g/mol. The minimum absolute atomic E-state index is 0.174. The maximum atomic E-state index is 13.0. The van der Waals surface area contributed by atoms with E-state index in [1.54, 1.807) is 14.1 Å². The van der Waals surface area contributed by atoms with Gasteiger partial charge in [0.2, 0.25) is 0 Å². The number of likely N-dealkylation sites (N-methyl/N-ethyl adjacent to an activating group) is 2. The van der Waals surface area contributed by atoms with Crippen LogP contribution in [0, 0.1) is 11.8 Å². The Morgan fingerprint density at radius 3 is 2.41 bits per heavy atom. The highest BCUT2D eigenvalue weighted by Crippen LogP contribution is 2.24. The van der Waals surface area contributed by atoms with E-state index in [1.165, 1.54) is 28.2 Å². The maximum absolute atomic E-state index is 13.0. The third-order valence-electron chi connectivity index (χ3n) is 7.00. The van der Waals surface area contributed by atoms with Crippen LogP contribution in [0.15, 0.2) is 35.3 Å². The summed E-state index contributed by atoms with van der Waals surface area (Å²) in [7, 11) is 3.28. The van der Waals surface area contributed by atoms with E-state index in [4.69, 9.17) is 4.99 Å². The quantitative estimate of drug-likeness (QED) is 0.615. The number of amides is 3. The van der Waals surface area contributed by atoms with Crippen molar-refractivity contribution in [3.63, 3.8) is 0 Å². The lowest BCUT2D eigenvalue weighted by molar-refractivity contribution is -0.537. The second-order valence-electron chi connectivity index (χ2n) is 9.81. The van der Waals surface area contributed by atoms with Crippen LogP contribution in [-0.4, -0.2) is 89.2 Å². The molecule has 172 valence electrons. The van der Waals surface area contributed by atoms with Gasteiger partial charge in [0, 0.05) is 14.1 Å². The van der Waals surface area contributed by atoms with E-state index in [9.17, 15) is 9.59 Å². The van der Waals surface area contributed by atoms with Crippen molar-refractivity contribution in [3.8, 4) is 0 Å². The molecule has 0 aliphatic carbocycles. The molecule has 1 aromatic carbocycles. The number of urea groups is 1. The summed E-state index contributed by atoms with van der Waals surface area (Å²) >= 11 is 0. The van der Waals surface area contributed by atoms with Gasteiger partial charge in [-0.25, -0.2) is 9.37 Å². The summed E-state index contributed by atoms with van der Waals surface area (Å²) in [5.74, 6) is 2.58. The van der Waals surface area contributed by atoms with Crippen molar-refractivity contribution in [3.05, 3.63) is 35.9 Å². The minimum Gasteiger partial charge on any atom is -0.292 e. The molecule has 4 rings (SSSR count). The van der Waals surface area contributed by atoms with Crippen molar-refractivity contribution in [2.45, 2.75) is 45.6 Å². The molecule has 1 atom stereocenters. The molecule has 0 bridgehead atoms. The summed E-state index contributed by atoms with van der Waals surface area (Å²) < 4.78 is 2.15.